The topological polar surface area (TPSA) is 6.48 Å². The fourth-order valence-corrected chi connectivity index (χ4v) is 32.7. The smallest absolute Gasteiger partial charge is 0.0807 e. The maximum atomic E-state index is 6.74. The molecule has 4 aliphatic rings. The monoisotopic (exact) mass is 524 g/mol. The van der Waals surface area contributed by atoms with E-state index in [0.29, 0.717) is 0 Å². The quantitative estimate of drug-likeness (QED) is 0.241. The lowest BCUT2D eigenvalue weighted by molar-refractivity contribution is 0.364. The first-order chi connectivity index (χ1) is 14.6. The van der Waals surface area contributed by atoms with Gasteiger partial charge in [-0.1, -0.05) is 75.0 Å². The molecule has 2 heterocycles. The van der Waals surface area contributed by atoms with Crippen LogP contribution in [0.3, 0.4) is 0 Å². The predicted molar refractivity (Wildman–Crippen MR) is 148 cm³/mol. The summed E-state index contributed by atoms with van der Waals surface area (Å²) in [6.45, 7) is 5.05. The van der Waals surface area contributed by atoms with Crippen molar-refractivity contribution >= 4 is 55.2 Å². The predicted octanol–water partition coefficient (Wildman–Crippen LogP) is 8.62. The Hall–Kier alpha value is 1.92. The number of piperidine rings is 2. The van der Waals surface area contributed by atoms with Crippen LogP contribution in [0.5, 0.6) is 0 Å². The molecule has 30 heavy (non-hydrogen) atoms. The zero-order valence-electron chi connectivity index (χ0n) is 18.7. The summed E-state index contributed by atoms with van der Waals surface area (Å²) in [4.78, 5) is 0. The highest BCUT2D eigenvalue weighted by Gasteiger charge is 2.42. The Bertz CT molecular complexity index is 525. The van der Waals surface area contributed by atoms with Gasteiger partial charge in [0.05, 0.1) is 10.8 Å². The largest absolute Gasteiger partial charge is 0.266 e. The molecule has 2 nitrogen and oxygen atoms in total. The summed E-state index contributed by atoms with van der Waals surface area (Å²) in [5.74, 6) is 0. The molecule has 4 rings (SSSR count). The Morgan fingerprint density at radius 2 is 0.767 bits per heavy atom. The second kappa shape index (κ2) is 12.1. The highest BCUT2D eigenvalue weighted by Crippen LogP contribution is 2.82. The molecule has 0 aromatic carbocycles. The van der Waals surface area contributed by atoms with Crippen LogP contribution in [0, 0.1) is 0 Å². The summed E-state index contributed by atoms with van der Waals surface area (Å²) in [5, 5.41) is -3.18. The second-order valence-electron chi connectivity index (χ2n) is 9.89. The minimum Gasteiger partial charge on any atom is -0.266 e. The Labute approximate surface area is 203 Å². The highest BCUT2D eigenvalue weighted by atomic mass is 33.5. The van der Waals surface area contributed by atoms with Crippen LogP contribution < -0.4 is 0 Å². The third kappa shape index (κ3) is 5.94. The number of hydrogen-bond acceptors (Lipinski definition) is 4. The standard InChI is InChI=1S/C22H42N2P2S4/c27-25(21-13-5-1-6-14-21,23-17-9-3-10-18-23)29-30-26(28,22-15-7-2-8-16-22)24-19-11-4-12-20-24/h21-22H,1-20H2. The van der Waals surface area contributed by atoms with E-state index in [1.807, 2.05) is 0 Å². The summed E-state index contributed by atoms with van der Waals surface area (Å²) < 4.78 is 5.66. The van der Waals surface area contributed by atoms with Crippen molar-refractivity contribution in [2.45, 2.75) is 114 Å². The first-order valence-electron chi connectivity index (χ1n) is 12.7. The van der Waals surface area contributed by atoms with Gasteiger partial charge in [-0.2, -0.15) is 0 Å². The normalized spacial score (nSPS) is 30.5. The van der Waals surface area contributed by atoms with Crippen LogP contribution >= 0.6 is 31.6 Å². The Morgan fingerprint density at radius 1 is 0.467 bits per heavy atom. The van der Waals surface area contributed by atoms with E-state index in [2.05, 4.69) is 30.2 Å². The van der Waals surface area contributed by atoms with Crippen molar-refractivity contribution in [2.75, 3.05) is 26.2 Å². The van der Waals surface area contributed by atoms with Gasteiger partial charge in [-0.05, 0) is 72.2 Å². The van der Waals surface area contributed by atoms with Crippen molar-refractivity contribution in [3.63, 3.8) is 0 Å². The van der Waals surface area contributed by atoms with E-state index in [-0.39, 0.29) is 0 Å². The van der Waals surface area contributed by atoms with Gasteiger partial charge in [0.25, 0.3) is 0 Å². The van der Waals surface area contributed by atoms with Gasteiger partial charge >= 0.3 is 0 Å². The molecule has 0 N–H and O–H groups in total. The van der Waals surface area contributed by atoms with E-state index in [1.165, 1.54) is 129 Å². The van der Waals surface area contributed by atoms with E-state index >= 15 is 0 Å². The summed E-state index contributed by atoms with van der Waals surface area (Å²) in [6, 6.07) is 0. The van der Waals surface area contributed by atoms with Crippen molar-refractivity contribution in [1.29, 1.82) is 0 Å². The van der Waals surface area contributed by atoms with Gasteiger partial charge in [0, 0.05) is 37.5 Å². The maximum absolute atomic E-state index is 6.74. The minimum absolute atomic E-state index is 0.785. The lowest BCUT2D eigenvalue weighted by atomic mass is 10.0. The van der Waals surface area contributed by atoms with Crippen LogP contribution in [0.1, 0.15) is 103 Å². The van der Waals surface area contributed by atoms with Crippen molar-refractivity contribution in [3.05, 3.63) is 0 Å². The van der Waals surface area contributed by atoms with Crippen LogP contribution in [-0.4, -0.2) is 46.8 Å². The summed E-state index contributed by atoms with van der Waals surface area (Å²) in [5.41, 5.74) is 1.57. The molecule has 0 radical (unpaired) electrons. The maximum Gasteiger partial charge on any atom is 0.0807 e. The molecule has 0 spiro atoms. The van der Waals surface area contributed by atoms with E-state index < -0.39 is 10.8 Å². The molecule has 0 aromatic heterocycles. The molecular weight excluding hydrogens is 482 g/mol. The number of hydrogen-bond donors (Lipinski definition) is 0. The SMILES string of the molecule is S=P(SSP(=S)(C1CCCCC1)N1CCCCC1)(C1CCCCC1)N1CCCCC1. The van der Waals surface area contributed by atoms with Gasteiger partial charge in [-0.25, -0.2) is 0 Å². The van der Waals surface area contributed by atoms with Crippen LogP contribution in [0.15, 0.2) is 0 Å². The van der Waals surface area contributed by atoms with Gasteiger partial charge in [0.1, 0.15) is 0 Å². The summed E-state index contributed by atoms with van der Waals surface area (Å²) in [7, 11) is 4.41. The first-order valence-corrected chi connectivity index (χ1v) is 21.7. The van der Waals surface area contributed by atoms with Gasteiger partial charge in [-0.15, -0.1) is 0 Å². The zero-order valence-corrected chi connectivity index (χ0v) is 23.8. The van der Waals surface area contributed by atoms with Crippen molar-refractivity contribution in [1.82, 2.24) is 9.34 Å². The Balaban J connectivity index is 1.54. The van der Waals surface area contributed by atoms with E-state index in [1.54, 1.807) is 0 Å². The lowest BCUT2D eigenvalue weighted by Gasteiger charge is -2.46. The first kappa shape index (κ1) is 25.0. The average molecular weight is 525 g/mol. The molecule has 8 heteroatoms. The van der Waals surface area contributed by atoms with E-state index in [4.69, 9.17) is 23.6 Å². The summed E-state index contributed by atoms with van der Waals surface area (Å²) >= 11 is 13.5. The molecule has 2 unspecified atom stereocenters. The zero-order chi connectivity index (χ0) is 20.9. The molecular formula is C22H42N2P2S4. The fraction of sp³-hybridized carbons (Fsp3) is 1.00. The third-order valence-corrected chi connectivity index (χ3v) is 30.9. The van der Waals surface area contributed by atoms with Gasteiger partial charge < -0.3 is 0 Å². The summed E-state index contributed by atoms with van der Waals surface area (Å²) in [6.07, 6.45) is 22.3. The molecule has 2 aliphatic carbocycles. The average Bonchev–Trinajstić information content (AvgIpc) is 2.84. The second-order valence-corrected chi connectivity index (χ2v) is 26.7. The van der Waals surface area contributed by atoms with Gasteiger partial charge in [-0.3, -0.25) is 9.34 Å². The molecule has 0 bridgehead atoms. The van der Waals surface area contributed by atoms with Crippen LogP contribution in [0.25, 0.3) is 0 Å². The minimum atomic E-state index is -1.59. The van der Waals surface area contributed by atoms with Crippen LogP contribution in [0.2, 0.25) is 0 Å². The Kier molecular flexibility index (Phi) is 10.1. The lowest BCUT2D eigenvalue weighted by Crippen LogP contribution is -2.32. The number of nitrogens with zero attached hydrogens (tertiary/aromatic N) is 2. The number of rotatable bonds is 7. The third-order valence-electron chi connectivity index (χ3n) is 7.77. The Morgan fingerprint density at radius 3 is 1.10 bits per heavy atom. The fourth-order valence-electron chi connectivity index (χ4n) is 5.90. The van der Waals surface area contributed by atoms with Crippen molar-refractivity contribution in [2.24, 2.45) is 0 Å². The molecule has 4 fully saturated rings. The van der Waals surface area contributed by atoms with Crippen molar-refractivity contribution in [3.8, 4) is 0 Å². The van der Waals surface area contributed by atoms with Gasteiger partial charge in [0.2, 0.25) is 0 Å². The van der Waals surface area contributed by atoms with E-state index in [0.717, 1.165) is 11.3 Å². The van der Waals surface area contributed by atoms with Gasteiger partial charge in [0.15, 0.2) is 0 Å². The van der Waals surface area contributed by atoms with Crippen LogP contribution in [0.4, 0.5) is 0 Å². The van der Waals surface area contributed by atoms with E-state index in [9.17, 15) is 0 Å². The molecule has 2 saturated heterocycles. The molecule has 0 amide bonds. The molecule has 0 aromatic rings. The molecule has 2 saturated carbocycles. The molecule has 2 atom stereocenters. The molecule has 2 aliphatic heterocycles. The molecule has 174 valence electrons. The highest BCUT2D eigenvalue weighted by molar-refractivity contribution is 9.19. The van der Waals surface area contributed by atoms with Crippen molar-refractivity contribution < 1.29 is 0 Å². The van der Waals surface area contributed by atoms with Crippen LogP contribution in [-0.2, 0) is 23.6 Å².